The fourth-order valence-corrected chi connectivity index (χ4v) is 2.75. The molecule has 0 radical (unpaired) electrons. The summed E-state index contributed by atoms with van der Waals surface area (Å²) >= 11 is 11.7. The van der Waals surface area contributed by atoms with Crippen molar-refractivity contribution in [2.24, 2.45) is 0 Å². The topological polar surface area (TPSA) is 55.4 Å². The van der Waals surface area contributed by atoms with Crippen molar-refractivity contribution < 1.29 is 14.3 Å². The molecule has 2 aromatic rings. The van der Waals surface area contributed by atoms with E-state index in [1.54, 1.807) is 0 Å². The van der Waals surface area contributed by atoms with E-state index >= 15 is 0 Å². The molecule has 0 aliphatic heterocycles. The number of ether oxygens (including phenoxy) is 1. The largest absolute Gasteiger partial charge is 0.452 e. The van der Waals surface area contributed by atoms with E-state index in [2.05, 4.69) is 5.32 Å². The summed E-state index contributed by atoms with van der Waals surface area (Å²) in [6, 6.07) is 10.3. The Bertz CT molecular complexity index is 805. The Morgan fingerprint density at radius 3 is 2.44 bits per heavy atom. The lowest BCUT2D eigenvalue weighted by atomic mass is 10.0. The third-order valence-electron chi connectivity index (χ3n) is 3.89. The van der Waals surface area contributed by atoms with E-state index in [1.807, 2.05) is 39.0 Å². The van der Waals surface area contributed by atoms with Crippen molar-refractivity contribution in [1.29, 1.82) is 0 Å². The van der Waals surface area contributed by atoms with Crippen LogP contribution in [0.1, 0.15) is 40.0 Å². The maximum atomic E-state index is 12.0. The number of halogens is 2. The Morgan fingerprint density at radius 1 is 1.08 bits per heavy atom. The summed E-state index contributed by atoms with van der Waals surface area (Å²) in [5.74, 6) is -1.06. The minimum Gasteiger partial charge on any atom is -0.452 e. The zero-order valence-corrected chi connectivity index (χ0v) is 15.7. The molecule has 6 heteroatoms. The molecule has 2 aromatic carbocycles. The van der Waals surface area contributed by atoms with Gasteiger partial charge in [-0.3, -0.25) is 4.79 Å². The molecular weight excluding hydrogens is 361 g/mol. The first kappa shape index (κ1) is 19.3. The van der Waals surface area contributed by atoms with Gasteiger partial charge in [0.2, 0.25) is 0 Å². The van der Waals surface area contributed by atoms with Gasteiger partial charge in [-0.15, -0.1) is 0 Å². The Labute approximate surface area is 157 Å². The number of carbonyl (C=O) groups excluding carboxylic acids is 2. The van der Waals surface area contributed by atoms with Crippen molar-refractivity contribution in [2.45, 2.75) is 26.8 Å². The second kappa shape index (κ2) is 8.37. The van der Waals surface area contributed by atoms with Gasteiger partial charge in [-0.1, -0.05) is 41.4 Å². The summed E-state index contributed by atoms with van der Waals surface area (Å²) in [5, 5.41) is 3.40. The number of esters is 1. The Hall–Kier alpha value is -2.04. The number of hydrogen-bond acceptors (Lipinski definition) is 3. The van der Waals surface area contributed by atoms with Crippen molar-refractivity contribution in [3.05, 3.63) is 68.7 Å². The molecule has 0 fully saturated rings. The zero-order valence-electron chi connectivity index (χ0n) is 14.2. The number of benzene rings is 2. The molecular formula is C19H19Cl2NO3. The molecule has 0 saturated heterocycles. The van der Waals surface area contributed by atoms with Crippen molar-refractivity contribution in [3.63, 3.8) is 0 Å². The molecule has 1 atom stereocenters. The first-order chi connectivity index (χ1) is 11.8. The molecule has 0 aliphatic carbocycles. The monoisotopic (exact) mass is 379 g/mol. The van der Waals surface area contributed by atoms with Crippen LogP contribution in [0.4, 0.5) is 0 Å². The highest BCUT2D eigenvalue weighted by molar-refractivity contribution is 6.36. The van der Waals surface area contributed by atoms with Gasteiger partial charge in [-0.25, -0.2) is 4.79 Å². The highest BCUT2D eigenvalue weighted by Gasteiger charge is 2.15. The second-order valence-corrected chi connectivity index (χ2v) is 6.68. The summed E-state index contributed by atoms with van der Waals surface area (Å²) in [4.78, 5) is 24.0. The van der Waals surface area contributed by atoms with Gasteiger partial charge < -0.3 is 10.1 Å². The van der Waals surface area contributed by atoms with Crippen LogP contribution < -0.4 is 5.32 Å². The second-order valence-electron chi connectivity index (χ2n) is 5.83. The van der Waals surface area contributed by atoms with Crippen LogP contribution in [-0.2, 0) is 9.53 Å². The van der Waals surface area contributed by atoms with Crippen LogP contribution >= 0.6 is 23.2 Å². The van der Waals surface area contributed by atoms with Gasteiger partial charge in [0.15, 0.2) is 6.61 Å². The van der Waals surface area contributed by atoms with E-state index in [-0.39, 0.29) is 29.1 Å². The fraction of sp³-hybridized carbons (Fsp3) is 0.263. The van der Waals surface area contributed by atoms with Gasteiger partial charge in [0.05, 0.1) is 16.6 Å². The Kier molecular flexibility index (Phi) is 6.45. The van der Waals surface area contributed by atoms with Crippen LogP contribution in [-0.4, -0.2) is 18.5 Å². The molecule has 132 valence electrons. The molecule has 25 heavy (non-hydrogen) atoms. The minimum atomic E-state index is -0.671. The molecule has 4 nitrogen and oxygen atoms in total. The molecule has 0 bridgehead atoms. The van der Waals surface area contributed by atoms with Crippen LogP contribution in [0.2, 0.25) is 10.0 Å². The molecule has 0 aromatic heterocycles. The van der Waals surface area contributed by atoms with Gasteiger partial charge >= 0.3 is 5.97 Å². The third-order valence-corrected chi connectivity index (χ3v) is 4.44. The van der Waals surface area contributed by atoms with Gasteiger partial charge in [-0.2, -0.15) is 0 Å². The van der Waals surface area contributed by atoms with Crippen LogP contribution in [0.15, 0.2) is 36.4 Å². The summed E-state index contributed by atoms with van der Waals surface area (Å²) in [6.45, 7) is 5.54. The summed E-state index contributed by atoms with van der Waals surface area (Å²) in [7, 11) is 0. The summed E-state index contributed by atoms with van der Waals surface area (Å²) < 4.78 is 5.01. The fourth-order valence-electron chi connectivity index (χ4n) is 2.26. The molecule has 0 spiro atoms. The molecule has 2 rings (SSSR count). The van der Waals surface area contributed by atoms with E-state index in [0.29, 0.717) is 5.02 Å². The molecule has 0 heterocycles. The summed E-state index contributed by atoms with van der Waals surface area (Å²) in [6.07, 6.45) is 0. The normalized spacial score (nSPS) is 11.7. The maximum Gasteiger partial charge on any atom is 0.340 e. The van der Waals surface area contributed by atoms with Crippen LogP contribution in [0.5, 0.6) is 0 Å². The number of rotatable bonds is 5. The SMILES string of the molecule is Cc1ccc([C@H](C)NC(=O)COC(=O)c2ccc(Cl)cc2Cl)cc1C. The van der Waals surface area contributed by atoms with Crippen LogP contribution in [0, 0.1) is 13.8 Å². The lowest BCUT2D eigenvalue weighted by molar-refractivity contribution is -0.124. The number of aryl methyl sites for hydroxylation is 2. The molecule has 1 N–H and O–H groups in total. The number of nitrogens with one attached hydrogen (secondary N) is 1. The standard InChI is InChI=1S/C19H19Cl2NO3/c1-11-4-5-14(8-12(11)2)13(3)22-18(23)10-25-19(24)16-7-6-15(20)9-17(16)21/h4-9,13H,10H2,1-3H3,(H,22,23)/t13-/m0/s1. The predicted octanol–water partition coefficient (Wildman–Crippen LogP) is 4.64. The van der Waals surface area contributed by atoms with Crippen molar-refractivity contribution >= 4 is 35.1 Å². The first-order valence-electron chi connectivity index (χ1n) is 7.76. The van der Waals surface area contributed by atoms with E-state index in [1.165, 1.54) is 23.8 Å². The van der Waals surface area contributed by atoms with E-state index in [9.17, 15) is 9.59 Å². The van der Waals surface area contributed by atoms with E-state index in [0.717, 1.165) is 11.1 Å². The van der Waals surface area contributed by atoms with Crippen molar-refractivity contribution in [2.75, 3.05) is 6.61 Å². The average Bonchev–Trinajstić information content (AvgIpc) is 2.55. The maximum absolute atomic E-state index is 12.0. The summed E-state index contributed by atoms with van der Waals surface area (Å²) in [5.41, 5.74) is 3.50. The Morgan fingerprint density at radius 2 is 1.80 bits per heavy atom. The van der Waals surface area contributed by atoms with Gasteiger partial charge in [0.1, 0.15) is 0 Å². The quantitative estimate of drug-likeness (QED) is 0.769. The zero-order chi connectivity index (χ0) is 18.6. The third kappa shape index (κ3) is 5.21. The van der Waals surface area contributed by atoms with Gasteiger partial charge in [0.25, 0.3) is 5.91 Å². The van der Waals surface area contributed by atoms with Crippen LogP contribution in [0.25, 0.3) is 0 Å². The lowest BCUT2D eigenvalue weighted by Gasteiger charge is -2.16. The van der Waals surface area contributed by atoms with E-state index < -0.39 is 5.97 Å². The molecule has 0 saturated carbocycles. The molecule has 1 amide bonds. The smallest absolute Gasteiger partial charge is 0.340 e. The first-order valence-corrected chi connectivity index (χ1v) is 8.52. The minimum absolute atomic E-state index is 0.168. The average molecular weight is 380 g/mol. The van der Waals surface area contributed by atoms with Crippen LogP contribution in [0.3, 0.4) is 0 Å². The predicted molar refractivity (Wildman–Crippen MR) is 99.2 cm³/mol. The lowest BCUT2D eigenvalue weighted by Crippen LogP contribution is -2.31. The van der Waals surface area contributed by atoms with Gasteiger partial charge in [-0.05, 0) is 55.7 Å². The number of amides is 1. The van der Waals surface area contributed by atoms with Crippen molar-refractivity contribution in [1.82, 2.24) is 5.32 Å². The molecule has 0 aliphatic rings. The number of carbonyl (C=O) groups is 2. The highest BCUT2D eigenvalue weighted by Crippen LogP contribution is 2.21. The number of hydrogen-bond donors (Lipinski definition) is 1. The Balaban J connectivity index is 1.91. The van der Waals surface area contributed by atoms with E-state index in [4.69, 9.17) is 27.9 Å². The highest BCUT2D eigenvalue weighted by atomic mass is 35.5. The van der Waals surface area contributed by atoms with Gasteiger partial charge in [0, 0.05) is 5.02 Å². The molecule has 0 unspecified atom stereocenters. The van der Waals surface area contributed by atoms with Crippen molar-refractivity contribution in [3.8, 4) is 0 Å².